The number of rotatable bonds is 3. The van der Waals surface area contributed by atoms with Crippen LogP contribution in [0.15, 0.2) is 0 Å². The van der Waals surface area contributed by atoms with Gasteiger partial charge < -0.3 is 11.5 Å². The van der Waals surface area contributed by atoms with E-state index in [9.17, 15) is 4.79 Å². The van der Waals surface area contributed by atoms with Crippen molar-refractivity contribution < 1.29 is 4.79 Å². The quantitative estimate of drug-likeness (QED) is 0.600. The van der Waals surface area contributed by atoms with Crippen molar-refractivity contribution in [2.45, 2.75) is 31.7 Å². The van der Waals surface area contributed by atoms with Gasteiger partial charge in [0.05, 0.1) is 0 Å². The number of carbonyl (C=O) groups is 1. The molecule has 2 atom stereocenters. The Bertz CT molecular complexity index is 198. The lowest BCUT2D eigenvalue weighted by molar-refractivity contribution is -0.118. The van der Waals surface area contributed by atoms with E-state index in [4.69, 9.17) is 11.5 Å². The van der Waals surface area contributed by atoms with Crippen LogP contribution in [0.1, 0.15) is 25.7 Å². The highest BCUT2D eigenvalue weighted by Crippen LogP contribution is 2.71. The van der Waals surface area contributed by atoms with Crippen LogP contribution < -0.4 is 11.5 Å². The molecule has 2 aliphatic rings. The van der Waals surface area contributed by atoms with Crippen molar-refractivity contribution in [1.29, 1.82) is 0 Å². The average molecular weight is 154 g/mol. The predicted molar refractivity (Wildman–Crippen MR) is 41.6 cm³/mol. The van der Waals surface area contributed by atoms with E-state index >= 15 is 0 Å². The summed E-state index contributed by atoms with van der Waals surface area (Å²) >= 11 is 0. The molecular weight excluding hydrogens is 140 g/mol. The summed E-state index contributed by atoms with van der Waals surface area (Å²) in [7, 11) is 0. The first-order chi connectivity index (χ1) is 5.14. The molecule has 2 rings (SSSR count). The molecule has 1 spiro atoms. The molecule has 0 aliphatic heterocycles. The van der Waals surface area contributed by atoms with Crippen LogP contribution in [0.4, 0.5) is 0 Å². The average Bonchev–Trinajstić information content (AvgIpc) is 2.73. The largest absolute Gasteiger partial charge is 0.370 e. The normalized spacial score (nSPS) is 33.4. The van der Waals surface area contributed by atoms with Crippen LogP contribution >= 0.6 is 0 Å². The maximum absolute atomic E-state index is 10.5. The summed E-state index contributed by atoms with van der Waals surface area (Å²) in [6.45, 7) is 0. The Labute approximate surface area is 66.1 Å². The molecule has 1 amide bonds. The zero-order chi connectivity index (χ0) is 8.06. The van der Waals surface area contributed by atoms with Crippen molar-refractivity contribution in [2.24, 2.45) is 22.8 Å². The Kier molecular flexibility index (Phi) is 1.27. The standard InChI is InChI=1S/C8H14N2O/c9-6(3-7(10)11)5-4-8(5)1-2-8/h5-6H,1-4,9H2,(H2,10,11)/t5?,6-/m1/s1. The van der Waals surface area contributed by atoms with Crippen LogP contribution in [0.25, 0.3) is 0 Å². The van der Waals surface area contributed by atoms with Gasteiger partial charge in [0.2, 0.25) is 5.91 Å². The van der Waals surface area contributed by atoms with Crippen LogP contribution in [0, 0.1) is 11.3 Å². The molecule has 2 aliphatic carbocycles. The third-order valence-corrected chi connectivity index (χ3v) is 3.10. The molecule has 11 heavy (non-hydrogen) atoms. The third kappa shape index (κ3) is 1.13. The Morgan fingerprint density at radius 3 is 2.64 bits per heavy atom. The molecule has 0 heterocycles. The number of hydrogen-bond acceptors (Lipinski definition) is 2. The molecule has 2 fully saturated rings. The maximum Gasteiger partial charge on any atom is 0.218 e. The summed E-state index contributed by atoms with van der Waals surface area (Å²) < 4.78 is 0. The van der Waals surface area contributed by atoms with Gasteiger partial charge in [-0.05, 0) is 30.6 Å². The van der Waals surface area contributed by atoms with E-state index in [1.807, 2.05) is 0 Å². The van der Waals surface area contributed by atoms with Crippen molar-refractivity contribution in [3.8, 4) is 0 Å². The second-order valence-corrected chi connectivity index (χ2v) is 4.01. The van der Waals surface area contributed by atoms with Crippen LogP contribution in [-0.4, -0.2) is 11.9 Å². The Hall–Kier alpha value is -0.570. The Morgan fingerprint density at radius 2 is 2.27 bits per heavy atom. The van der Waals surface area contributed by atoms with Crippen LogP contribution in [0.3, 0.4) is 0 Å². The van der Waals surface area contributed by atoms with E-state index in [0.29, 0.717) is 17.8 Å². The molecular formula is C8H14N2O. The molecule has 62 valence electrons. The number of primary amides is 1. The van der Waals surface area contributed by atoms with Gasteiger partial charge in [-0.1, -0.05) is 0 Å². The van der Waals surface area contributed by atoms with Crippen molar-refractivity contribution in [2.75, 3.05) is 0 Å². The van der Waals surface area contributed by atoms with Gasteiger partial charge in [-0.25, -0.2) is 0 Å². The molecule has 0 saturated heterocycles. The van der Waals surface area contributed by atoms with E-state index in [0.717, 1.165) is 0 Å². The van der Waals surface area contributed by atoms with Gasteiger partial charge >= 0.3 is 0 Å². The molecule has 0 aromatic heterocycles. The summed E-state index contributed by atoms with van der Waals surface area (Å²) in [5.74, 6) is 0.343. The van der Waals surface area contributed by atoms with Gasteiger partial charge in [-0.15, -0.1) is 0 Å². The number of nitrogens with two attached hydrogens (primary N) is 2. The van der Waals surface area contributed by atoms with E-state index in [-0.39, 0.29) is 11.9 Å². The second-order valence-electron chi connectivity index (χ2n) is 4.01. The fourth-order valence-electron chi connectivity index (χ4n) is 2.09. The lowest BCUT2D eigenvalue weighted by Gasteiger charge is -2.06. The third-order valence-electron chi connectivity index (χ3n) is 3.10. The summed E-state index contributed by atoms with van der Waals surface area (Å²) in [5, 5.41) is 0. The number of amides is 1. The van der Waals surface area contributed by atoms with Crippen molar-refractivity contribution >= 4 is 5.91 Å². The van der Waals surface area contributed by atoms with E-state index < -0.39 is 0 Å². The summed E-state index contributed by atoms with van der Waals surface area (Å²) in [5.41, 5.74) is 11.4. The van der Waals surface area contributed by atoms with E-state index in [1.54, 1.807) is 0 Å². The fourth-order valence-corrected chi connectivity index (χ4v) is 2.09. The zero-order valence-electron chi connectivity index (χ0n) is 6.55. The molecule has 1 unspecified atom stereocenters. The fraction of sp³-hybridized carbons (Fsp3) is 0.875. The first-order valence-corrected chi connectivity index (χ1v) is 4.18. The zero-order valence-corrected chi connectivity index (χ0v) is 6.55. The second kappa shape index (κ2) is 1.97. The first kappa shape index (κ1) is 7.10. The number of hydrogen-bond donors (Lipinski definition) is 2. The van der Waals surface area contributed by atoms with Crippen molar-refractivity contribution in [3.63, 3.8) is 0 Å². The lowest BCUT2D eigenvalue weighted by atomic mass is 10.1. The molecule has 3 nitrogen and oxygen atoms in total. The highest BCUT2D eigenvalue weighted by molar-refractivity contribution is 5.74. The summed E-state index contributed by atoms with van der Waals surface area (Å²) in [6.07, 6.45) is 4.25. The maximum atomic E-state index is 10.5. The molecule has 3 heteroatoms. The molecule has 0 radical (unpaired) electrons. The van der Waals surface area contributed by atoms with Crippen LogP contribution in [-0.2, 0) is 4.79 Å². The number of carbonyl (C=O) groups excluding carboxylic acids is 1. The molecule has 0 aromatic rings. The molecule has 4 N–H and O–H groups in total. The van der Waals surface area contributed by atoms with Gasteiger partial charge in [0.1, 0.15) is 0 Å². The predicted octanol–water partition coefficient (Wildman–Crippen LogP) is -0.0108. The van der Waals surface area contributed by atoms with Gasteiger partial charge in [-0.2, -0.15) is 0 Å². The SMILES string of the molecule is NC(=O)C[C@@H](N)C1CC12CC2. The van der Waals surface area contributed by atoms with E-state index in [2.05, 4.69) is 0 Å². The molecule has 2 saturated carbocycles. The van der Waals surface area contributed by atoms with Crippen molar-refractivity contribution in [1.82, 2.24) is 0 Å². The van der Waals surface area contributed by atoms with E-state index in [1.165, 1.54) is 19.3 Å². The first-order valence-electron chi connectivity index (χ1n) is 4.18. The topological polar surface area (TPSA) is 69.1 Å². The highest BCUT2D eigenvalue weighted by Gasteiger charge is 2.64. The minimum absolute atomic E-state index is 0.0370. The molecule has 0 bridgehead atoms. The minimum atomic E-state index is -0.264. The monoisotopic (exact) mass is 154 g/mol. The van der Waals surface area contributed by atoms with Crippen molar-refractivity contribution in [3.05, 3.63) is 0 Å². The Balaban J connectivity index is 1.82. The van der Waals surface area contributed by atoms with Gasteiger partial charge in [-0.3, -0.25) is 4.79 Å². The lowest BCUT2D eigenvalue weighted by Crippen LogP contribution is -2.30. The summed E-state index contributed by atoms with van der Waals surface area (Å²) in [4.78, 5) is 10.5. The van der Waals surface area contributed by atoms with Gasteiger partial charge in [0.25, 0.3) is 0 Å². The van der Waals surface area contributed by atoms with Crippen LogP contribution in [0.5, 0.6) is 0 Å². The van der Waals surface area contributed by atoms with Crippen LogP contribution in [0.2, 0.25) is 0 Å². The minimum Gasteiger partial charge on any atom is -0.370 e. The van der Waals surface area contributed by atoms with Gasteiger partial charge in [0.15, 0.2) is 0 Å². The Morgan fingerprint density at radius 1 is 1.64 bits per heavy atom. The highest BCUT2D eigenvalue weighted by atomic mass is 16.1. The smallest absolute Gasteiger partial charge is 0.218 e. The van der Waals surface area contributed by atoms with Gasteiger partial charge in [0, 0.05) is 12.5 Å². The molecule has 0 aromatic carbocycles. The summed E-state index contributed by atoms with van der Waals surface area (Å²) in [6, 6.07) is 0.0370.